The van der Waals surface area contributed by atoms with Crippen molar-refractivity contribution >= 4 is 11.0 Å². The number of H-pyrrole nitrogens is 1. The van der Waals surface area contributed by atoms with Crippen LogP contribution in [0.5, 0.6) is 0 Å². The number of pyridine rings is 2. The second-order valence-corrected chi connectivity index (χ2v) is 3.19. The van der Waals surface area contributed by atoms with Gasteiger partial charge in [-0.2, -0.15) is 5.10 Å². The zero-order valence-electron chi connectivity index (χ0n) is 7.88. The minimum Gasteiger partial charge on any atom is -0.275 e. The van der Waals surface area contributed by atoms with Crippen molar-refractivity contribution in [3.63, 3.8) is 0 Å². The molecule has 0 amide bonds. The van der Waals surface area contributed by atoms with Crippen molar-refractivity contribution in [2.24, 2.45) is 0 Å². The predicted octanol–water partition coefficient (Wildman–Crippen LogP) is 2.02. The van der Waals surface area contributed by atoms with Gasteiger partial charge in [0.05, 0.1) is 11.2 Å². The molecule has 0 aliphatic heterocycles. The van der Waals surface area contributed by atoms with Crippen LogP contribution < -0.4 is 0 Å². The summed E-state index contributed by atoms with van der Waals surface area (Å²) in [6, 6.07) is 9.56. The third-order valence-corrected chi connectivity index (χ3v) is 2.23. The van der Waals surface area contributed by atoms with E-state index in [9.17, 15) is 0 Å². The van der Waals surface area contributed by atoms with Crippen molar-refractivity contribution in [1.82, 2.24) is 20.2 Å². The molecule has 0 saturated carbocycles. The average molecular weight is 196 g/mol. The lowest BCUT2D eigenvalue weighted by atomic mass is 10.2. The number of rotatable bonds is 1. The van der Waals surface area contributed by atoms with Gasteiger partial charge in [-0.25, -0.2) is 0 Å². The van der Waals surface area contributed by atoms with Gasteiger partial charge in [-0.05, 0) is 24.3 Å². The Morgan fingerprint density at radius 2 is 1.87 bits per heavy atom. The van der Waals surface area contributed by atoms with Crippen LogP contribution in [0.15, 0.2) is 42.7 Å². The van der Waals surface area contributed by atoms with Gasteiger partial charge in [0.2, 0.25) is 0 Å². The molecule has 3 rings (SSSR count). The summed E-state index contributed by atoms with van der Waals surface area (Å²) in [7, 11) is 0. The number of aromatic nitrogens is 4. The second-order valence-electron chi connectivity index (χ2n) is 3.19. The summed E-state index contributed by atoms with van der Waals surface area (Å²) in [5.41, 5.74) is 3.42. The van der Waals surface area contributed by atoms with Gasteiger partial charge >= 0.3 is 0 Å². The van der Waals surface area contributed by atoms with Crippen molar-refractivity contribution in [1.29, 1.82) is 0 Å². The minimum atomic E-state index is 0.797. The van der Waals surface area contributed by atoms with Crippen molar-refractivity contribution in [2.75, 3.05) is 0 Å². The van der Waals surface area contributed by atoms with Crippen molar-refractivity contribution in [2.45, 2.75) is 0 Å². The molecule has 0 atom stereocenters. The average Bonchev–Trinajstić information content (AvgIpc) is 2.74. The van der Waals surface area contributed by atoms with E-state index in [2.05, 4.69) is 20.2 Å². The summed E-state index contributed by atoms with van der Waals surface area (Å²) in [6.07, 6.45) is 3.50. The Balaban J connectivity index is 2.28. The van der Waals surface area contributed by atoms with Gasteiger partial charge in [0.1, 0.15) is 11.2 Å². The number of hydrogen-bond acceptors (Lipinski definition) is 3. The van der Waals surface area contributed by atoms with E-state index in [-0.39, 0.29) is 0 Å². The smallest absolute Gasteiger partial charge is 0.137 e. The Labute approximate surface area is 86.0 Å². The first-order valence-corrected chi connectivity index (χ1v) is 4.65. The van der Waals surface area contributed by atoms with Crippen LogP contribution in [0.4, 0.5) is 0 Å². The molecule has 3 aromatic heterocycles. The largest absolute Gasteiger partial charge is 0.275 e. The zero-order chi connectivity index (χ0) is 10.1. The Bertz CT molecular complexity index is 586. The highest BCUT2D eigenvalue weighted by Crippen LogP contribution is 2.21. The maximum absolute atomic E-state index is 4.28. The van der Waals surface area contributed by atoms with E-state index in [4.69, 9.17) is 0 Å². The van der Waals surface area contributed by atoms with Crippen LogP contribution in [0.1, 0.15) is 0 Å². The SMILES string of the molecule is c1ccc(-c2n[nH]c3cccnc23)nc1. The molecule has 4 nitrogen and oxygen atoms in total. The molecule has 0 saturated heterocycles. The molecule has 4 heteroatoms. The van der Waals surface area contributed by atoms with Crippen LogP contribution >= 0.6 is 0 Å². The number of nitrogens with zero attached hydrogens (tertiary/aromatic N) is 3. The molecular formula is C11H8N4. The molecule has 0 aliphatic rings. The number of nitrogens with one attached hydrogen (secondary N) is 1. The van der Waals surface area contributed by atoms with Crippen LogP contribution in [-0.2, 0) is 0 Å². The highest BCUT2D eigenvalue weighted by molar-refractivity contribution is 5.87. The van der Waals surface area contributed by atoms with E-state index in [1.54, 1.807) is 12.4 Å². The van der Waals surface area contributed by atoms with E-state index in [1.165, 1.54) is 0 Å². The van der Waals surface area contributed by atoms with Gasteiger partial charge in [0, 0.05) is 12.4 Å². The van der Waals surface area contributed by atoms with Crippen LogP contribution in [0, 0.1) is 0 Å². The zero-order valence-corrected chi connectivity index (χ0v) is 7.88. The molecule has 0 radical (unpaired) electrons. The third kappa shape index (κ3) is 1.27. The van der Waals surface area contributed by atoms with E-state index < -0.39 is 0 Å². The Morgan fingerprint density at radius 1 is 0.933 bits per heavy atom. The summed E-state index contributed by atoms with van der Waals surface area (Å²) in [5.74, 6) is 0. The standard InChI is InChI=1S/C11H8N4/c1-2-6-12-8(4-1)11-10-9(14-15-11)5-3-7-13-10/h1-7H,(H,14,15). The van der Waals surface area contributed by atoms with Gasteiger partial charge in [-0.3, -0.25) is 15.1 Å². The van der Waals surface area contributed by atoms with Crippen molar-refractivity contribution in [3.8, 4) is 11.4 Å². The summed E-state index contributed by atoms with van der Waals surface area (Å²) in [5, 5.41) is 7.15. The molecule has 72 valence electrons. The molecule has 3 heterocycles. The molecule has 0 spiro atoms. The van der Waals surface area contributed by atoms with E-state index in [0.717, 1.165) is 22.4 Å². The maximum Gasteiger partial charge on any atom is 0.137 e. The Kier molecular flexibility index (Phi) is 1.71. The molecule has 15 heavy (non-hydrogen) atoms. The first kappa shape index (κ1) is 8.11. The van der Waals surface area contributed by atoms with E-state index >= 15 is 0 Å². The Morgan fingerprint density at radius 3 is 2.73 bits per heavy atom. The lowest BCUT2D eigenvalue weighted by molar-refractivity contribution is 1.11. The molecule has 0 bridgehead atoms. The monoisotopic (exact) mass is 196 g/mol. The predicted molar refractivity (Wildman–Crippen MR) is 57.1 cm³/mol. The van der Waals surface area contributed by atoms with Crippen LogP contribution in [0.3, 0.4) is 0 Å². The lowest BCUT2D eigenvalue weighted by Crippen LogP contribution is -1.83. The quantitative estimate of drug-likeness (QED) is 0.647. The fraction of sp³-hybridized carbons (Fsp3) is 0. The summed E-state index contributed by atoms with van der Waals surface area (Å²) in [4.78, 5) is 8.53. The summed E-state index contributed by atoms with van der Waals surface area (Å²) in [6.45, 7) is 0. The molecule has 0 unspecified atom stereocenters. The van der Waals surface area contributed by atoms with Gasteiger partial charge in [-0.15, -0.1) is 0 Å². The summed E-state index contributed by atoms with van der Waals surface area (Å²) >= 11 is 0. The van der Waals surface area contributed by atoms with E-state index in [1.807, 2.05) is 30.3 Å². The van der Waals surface area contributed by atoms with Crippen molar-refractivity contribution < 1.29 is 0 Å². The minimum absolute atomic E-state index is 0.797. The first-order valence-electron chi connectivity index (χ1n) is 4.65. The van der Waals surface area contributed by atoms with Crippen LogP contribution in [0.25, 0.3) is 22.4 Å². The highest BCUT2D eigenvalue weighted by Gasteiger charge is 2.08. The second kappa shape index (κ2) is 3.16. The van der Waals surface area contributed by atoms with Crippen molar-refractivity contribution in [3.05, 3.63) is 42.7 Å². The van der Waals surface area contributed by atoms with Crippen LogP contribution in [0.2, 0.25) is 0 Å². The highest BCUT2D eigenvalue weighted by atomic mass is 15.1. The van der Waals surface area contributed by atoms with Crippen LogP contribution in [-0.4, -0.2) is 20.2 Å². The number of aromatic amines is 1. The topological polar surface area (TPSA) is 54.5 Å². The molecule has 0 aromatic carbocycles. The Hall–Kier alpha value is -2.23. The maximum atomic E-state index is 4.28. The molecule has 3 aromatic rings. The molecule has 0 aliphatic carbocycles. The first-order chi connectivity index (χ1) is 7.45. The fourth-order valence-electron chi connectivity index (χ4n) is 1.53. The summed E-state index contributed by atoms with van der Waals surface area (Å²) < 4.78 is 0. The third-order valence-electron chi connectivity index (χ3n) is 2.23. The lowest BCUT2D eigenvalue weighted by Gasteiger charge is -1.94. The van der Waals surface area contributed by atoms with Gasteiger partial charge in [-0.1, -0.05) is 6.07 Å². The van der Waals surface area contributed by atoms with Gasteiger partial charge in [0.15, 0.2) is 0 Å². The van der Waals surface area contributed by atoms with Gasteiger partial charge < -0.3 is 0 Å². The number of hydrogen-bond donors (Lipinski definition) is 1. The van der Waals surface area contributed by atoms with E-state index in [0.29, 0.717) is 0 Å². The normalized spacial score (nSPS) is 10.7. The molecular weight excluding hydrogens is 188 g/mol. The number of fused-ring (bicyclic) bond motifs is 1. The molecule has 0 fully saturated rings. The fourth-order valence-corrected chi connectivity index (χ4v) is 1.53. The molecule has 1 N–H and O–H groups in total. The van der Waals surface area contributed by atoms with Gasteiger partial charge in [0.25, 0.3) is 0 Å².